The number of rotatable bonds is 7. The van der Waals surface area contributed by atoms with Crippen LogP contribution in [-0.2, 0) is 22.9 Å². The largest absolute Gasteiger partial charge is 0.342 e. The molecule has 1 unspecified atom stereocenters. The van der Waals surface area contributed by atoms with Crippen molar-refractivity contribution in [3.05, 3.63) is 71.7 Å². The summed E-state index contributed by atoms with van der Waals surface area (Å²) in [7, 11) is -3.67. The van der Waals surface area contributed by atoms with Gasteiger partial charge in [0.2, 0.25) is 10.0 Å². The molecule has 0 spiro atoms. The lowest BCUT2D eigenvalue weighted by Crippen LogP contribution is -2.29. The zero-order valence-corrected chi connectivity index (χ0v) is 21.5. The molecule has 36 heavy (non-hydrogen) atoms. The molecule has 0 saturated heterocycles. The van der Waals surface area contributed by atoms with E-state index < -0.39 is 10.0 Å². The molecule has 6 rings (SSSR count). The summed E-state index contributed by atoms with van der Waals surface area (Å²) in [4.78, 5) is 17.5. The van der Waals surface area contributed by atoms with Crippen LogP contribution in [0.4, 0.5) is 0 Å². The molecule has 1 saturated carbocycles. The number of pyridine rings is 2. The molecule has 1 aromatic carbocycles. The molecule has 7 nitrogen and oxygen atoms in total. The van der Waals surface area contributed by atoms with E-state index >= 15 is 0 Å². The van der Waals surface area contributed by atoms with Crippen molar-refractivity contribution in [2.45, 2.75) is 62.7 Å². The van der Waals surface area contributed by atoms with Crippen molar-refractivity contribution in [2.24, 2.45) is 5.92 Å². The van der Waals surface area contributed by atoms with Gasteiger partial charge in [0.05, 0.1) is 16.8 Å². The van der Waals surface area contributed by atoms with Crippen LogP contribution in [0.1, 0.15) is 67.6 Å². The van der Waals surface area contributed by atoms with Gasteiger partial charge in [-0.25, -0.2) is 18.1 Å². The van der Waals surface area contributed by atoms with Crippen LogP contribution < -0.4 is 4.72 Å². The number of aromatic amines is 1. The third-order valence-electron chi connectivity index (χ3n) is 7.30. The number of sulfonamides is 1. The number of H-pyrrole nitrogens is 1. The van der Waals surface area contributed by atoms with E-state index in [4.69, 9.17) is 0 Å². The Morgan fingerprint density at radius 2 is 1.94 bits per heavy atom. The Hall–Kier alpha value is -3.10. The Morgan fingerprint density at radius 3 is 2.69 bits per heavy atom. The molecule has 1 fully saturated rings. The Morgan fingerprint density at radius 1 is 1.08 bits per heavy atom. The van der Waals surface area contributed by atoms with Crippen LogP contribution in [-0.4, -0.2) is 34.9 Å². The van der Waals surface area contributed by atoms with E-state index in [0.29, 0.717) is 23.8 Å². The highest BCUT2D eigenvalue weighted by Gasteiger charge is 2.32. The second-order valence-electron chi connectivity index (χ2n) is 10.6. The van der Waals surface area contributed by atoms with Crippen molar-refractivity contribution in [3.8, 4) is 11.3 Å². The fourth-order valence-electron chi connectivity index (χ4n) is 5.22. The summed E-state index contributed by atoms with van der Waals surface area (Å²) >= 11 is 0. The van der Waals surface area contributed by atoms with Gasteiger partial charge in [0.1, 0.15) is 5.82 Å². The maximum absolute atomic E-state index is 13.7. The zero-order valence-electron chi connectivity index (χ0n) is 20.7. The van der Waals surface area contributed by atoms with E-state index in [0.717, 1.165) is 70.4 Å². The number of hydrogen-bond acceptors (Lipinski definition) is 5. The van der Waals surface area contributed by atoms with E-state index in [1.54, 1.807) is 6.20 Å². The molecule has 3 heterocycles. The molecule has 186 valence electrons. The Kier molecular flexibility index (Phi) is 5.88. The van der Waals surface area contributed by atoms with Crippen LogP contribution in [0.2, 0.25) is 0 Å². The lowest BCUT2D eigenvalue weighted by molar-refractivity contribution is 0.544. The molecular formula is C28H31N5O2S. The maximum atomic E-state index is 13.7. The van der Waals surface area contributed by atoms with Crippen molar-refractivity contribution in [3.63, 3.8) is 0 Å². The van der Waals surface area contributed by atoms with E-state index in [1.807, 2.05) is 50.6 Å². The Labute approximate surface area is 211 Å². The first-order chi connectivity index (χ1) is 17.4. The fraction of sp³-hybridized carbons (Fsp3) is 0.393. The van der Waals surface area contributed by atoms with Gasteiger partial charge in [-0.15, -0.1) is 0 Å². The van der Waals surface area contributed by atoms with Gasteiger partial charge in [-0.2, -0.15) is 0 Å². The predicted octanol–water partition coefficient (Wildman–Crippen LogP) is 5.10. The number of nitrogens with one attached hydrogen (secondary N) is 2. The van der Waals surface area contributed by atoms with Crippen molar-refractivity contribution in [1.29, 1.82) is 0 Å². The Balaban J connectivity index is 1.40. The second kappa shape index (κ2) is 9.09. The van der Waals surface area contributed by atoms with Crippen molar-refractivity contribution >= 4 is 20.8 Å². The van der Waals surface area contributed by atoms with E-state index in [-0.39, 0.29) is 11.8 Å². The number of aromatic nitrogens is 4. The van der Waals surface area contributed by atoms with E-state index in [9.17, 15) is 8.42 Å². The second-order valence-corrected chi connectivity index (χ2v) is 12.3. The normalized spacial score (nSPS) is 18.0. The molecule has 0 bridgehead atoms. The number of fused-ring (bicyclic) bond motifs is 2. The molecule has 4 aromatic rings. The molecule has 2 aliphatic rings. The summed E-state index contributed by atoms with van der Waals surface area (Å²) in [5.41, 5.74) is 4.97. The molecular weight excluding hydrogens is 470 g/mol. The lowest BCUT2D eigenvalue weighted by Gasteiger charge is -2.27. The van der Waals surface area contributed by atoms with Crippen LogP contribution in [0.15, 0.2) is 53.9 Å². The third-order valence-corrected chi connectivity index (χ3v) is 8.85. The number of benzene rings is 1. The predicted molar refractivity (Wildman–Crippen MR) is 140 cm³/mol. The van der Waals surface area contributed by atoms with Crippen molar-refractivity contribution in [2.75, 3.05) is 6.54 Å². The number of nitrogens with zero attached hydrogens (tertiary/aromatic N) is 3. The summed E-state index contributed by atoms with van der Waals surface area (Å²) in [6.45, 7) is 4.45. The van der Waals surface area contributed by atoms with Gasteiger partial charge in [0.25, 0.3) is 0 Å². The molecule has 0 radical (unpaired) electrons. The highest BCUT2D eigenvalue weighted by Crippen LogP contribution is 2.43. The van der Waals surface area contributed by atoms with Gasteiger partial charge >= 0.3 is 0 Å². The molecule has 8 heteroatoms. The zero-order chi connectivity index (χ0) is 24.9. The first-order valence-corrected chi connectivity index (χ1v) is 14.3. The van der Waals surface area contributed by atoms with Gasteiger partial charge in [-0.1, -0.05) is 13.8 Å². The highest BCUT2D eigenvalue weighted by atomic mass is 32.2. The topological polar surface area (TPSA) is 101 Å². The smallest absolute Gasteiger partial charge is 0.241 e. The molecule has 0 aliphatic heterocycles. The van der Waals surface area contributed by atoms with Crippen LogP contribution in [0.3, 0.4) is 0 Å². The lowest BCUT2D eigenvalue weighted by atomic mass is 9.82. The summed E-state index contributed by atoms with van der Waals surface area (Å²) in [6, 6.07) is 8.09. The summed E-state index contributed by atoms with van der Waals surface area (Å²) in [5, 5.41) is 1.69. The van der Waals surface area contributed by atoms with Crippen LogP contribution in [0.25, 0.3) is 22.0 Å². The van der Waals surface area contributed by atoms with Gasteiger partial charge in [0, 0.05) is 59.0 Å². The van der Waals surface area contributed by atoms with Gasteiger partial charge in [0.15, 0.2) is 0 Å². The Bertz CT molecular complexity index is 1520. The number of imidazole rings is 1. The molecule has 2 N–H and O–H groups in total. The van der Waals surface area contributed by atoms with Gasteiger partial charge in [-0.05, 0) is 73.4 Å². The average molecular weight is 502 g/mol. The quantitative estimate of drug-likeness (QED) is 0.367. The first-order valence-electron chi connectivity index (χ1n) is 12.8. The highest BCUT2D eigenvalue weighted by molar-refractivity contribution is 7.89. The van der Waals surface area contributed by atoms with Crippen LogP contribution >= 0.6 is 0 Å². The molecule has 2 aliphatic carbocycles. The number of hydrogen-bond donors (Lipinski definition) is 2. The SMILES string of the molecule is CC(C)CNS(=O)(=O)c1c2c(cc3cnc(C4CC4)cc13)CC(c1ncc(-c3cccnc3)[nH]1)CC2. The third kappa shape index (κ3) is 4.44. The summed E-state index contributed by atoms with van der Waals surface area (Å²) < 4.78 is 30.2. The summed E-state index contributed by atoms with van der Waals surface area (Å²) in [5.74, 6) is 1.82. The fourth-order valence-corrected chi connectivity index (χ4v) is 6.94. The van der Waals surface area contributed by atoms with Crippen molar-refractivity contribution < 1.29 is 8.42 Å². The monoisotopic (exact) mass is 501 g/mol. The van der Waals surface area contributed by atoms with E-state index in [1.165, 1.54) is 0 Å². The molecule has 1 atom stereocenters. The minimum absolute atomic E-state index is 0.193. The standard InChI is InChI=1S/C28H31N5O2S/c1-17(2)13-32-36(34,35)27-23-8-7-19(28-31-16-26(33-28)20-4-3-9-29-14-20)10-21(23)11-22-15-30-25(12-24(22)27)18-5-6-18/h3-4,9,11-12,14-19,32H,5-8,10,13H2,1-2H3,(H,31,33). The summed E-state index contributed by atoms with van der Waals surface area (Å²) in [6.07, 6.45) is 11.8. The van der Waals surface area contributed by atoms with Crippen LogP contribution in [0, 0.1) is 5.92 Å². The average Bonchev–Trinajstić information content (AvgIpc) is 3.62. The minimum atomic E-state index is -3.67. The van der Waals surface area contributed by atoms with E-state index in [2.05, 4.69) is 30.7 Å². The van der Waals surface area contributed by atoms with Gasteiger partial charge < -0.3 is 4.98 Å². The maximum Gasteiger partial charge on any atom is 0.241 e. The van der Waals surface area contributed by atoms with Crippen LogP contribution in [0.5, 0.6) is 0 Å². The molecule has 0 amide bonds. The molecule has 3 aromatic heterocycles. The minimum Gasteiger partial charge on any atom is -0.342 e. The van der Waals surface area contributed by atoms with Crippen molar-refractivity contribution in [1.82, 2.24) is 24.7 Å². The first kappa shape index (κ1) is 23.3. The van der Waals surface area contributed by atoms with Gasteiger partial charge in [-0.3, -0.25) is 9.97 Å².